The van der Waals surface area contributed by atoms with E-state index in [4.69, 9.17) is 4.74 Å². The van der Waals surface area contributed by atoms with E-state index >= 15 is 0 Å². The van der Waals surface area contributed by atoms with Gasteiger partial charge in [-0.1, -0.05) is 23.8 Å². The summed E-state index contributed by atoms with van der Waals surface area (Å²) in [7, 11) is 0. The van der Waals surface area contributed by atoms with Gasteiger partial charge in [-0.05, 0) is 38.8 Å². The lowest BCUT2D eigenvalue weighted by atomic mass is 9.98. The molecule has 0 saturated carbocycles. The van der Waals surface area contributed by atoms with Crippen molar-refractivity contribution in [3.8, 4) is 0 Å². The topological polar surface area (TPSA) is 46.6 Å². The highest BCUT2D eigenvalue weighted by atomic mass is 16.5. The molecule has 0 bridgehead atoms. The van der Waals surface area contributed by atoms with Crippen LogP contribution in [0.15, 0.2) is 41.5 Å². The Hall–Kier alpha value is -2.10. The van der Waals surface area contributed by atoms with E-state index in [0.29, 0.717) is 30.8 Å². The van der Waals surface area contributed by atoms with E-state index in [1.54, 1.807) is 6.92 Å². The molecule has 0 aromatic heterocycles. The molecule has 4 nitrogen and oxygen atoms in total. The normalized spacial score (nSPS) is 14.8. The molecular weight excluding hydrogens is 266 g/mol. The predicted molar refractivity (Wildman–Crippen MR) is 80.9 cm³/mol. The molecule has 0 aliphatic carbocycles. The zero-order valence-electron chi connectivity index (χ0n) is 12.6. The molecule has 0 atom stereocenters. The highest BCUT2D eigenvalue weighted by molar-refractivity contribution is 5.94. The SMILES string of the molecule is CCOC(=O)C(C)=C1CCN(C(=O)c2ccccc2)CC1. The van der Waals surface area contributed by atoms with Gasteiger partial charge < -0.3 is 9.64 Å². The van der Waals surface area contributed by atoms with Gasteiger partial charge in [0.2, 0.25) is 0 Å². The van der Waals surface area contributed by atoms with Gasteiger partial charge >= 0.3 is 5.97 Å². The smallest absolute Gasteiger partial charge is 0.333 e. The summed E-state index contributed by atoms with van der Waals surface area (Å²) >= 11 is 0. The summed E-state index contributed by atoms with van der Waals surface area (Å²) in [5, 5.41) is 0. The lowest BCUT2D eigenvalue weighted by molar-refractivity contribution is -0.138. The Morgan fingerprint density at radius 2 is 1.76 bits per heavy atom. The molecule has 0 spiro atoms. The van der Waals surface area contributed by atoms with Crippen LogP contribution in [0.4, 0.5) is 0 Å². The van der Waals surface area contributed by atoms with Crippen molar-refractivity contribution in [3.63, 3.8) is 0 Å². The van der Waals surface area contributed by atoms with Crippen LogP contribution in [0, 0.1) is 0 Å². The average Bonchev–Trinajstić information content (AvgIpc) is 2.54. The lowest BCUT2D eigenvalue weighted by Crippen LogP contribution is -2.36. The summed E-state index contributed by atoms with van der Waals surface area (Å²) in [6, 6.07) is 9.30. The van der Waals surface area contributed by atoms with E-state index in [-0.39, 0.29) is 11.9 Å². The van der Waals surface area contributed by atoms with Gasteiger partial charge in [0.1, 0.15) is 0 Å². The predicted octanol–water partition coefficient (Wildman–Crippen LogP) is 2.80. The van der Waals surface area contributed by atoms with Crippen LogP contribution >= 0.6 is 0 Å². The highest BCUT2D eigenvalue weighted by Crippen LogP contribution is 2.22. The van der Waals surface area contributed by atoms with Crippen molar-refractivity contribution in [3.05, 3.63) is 47.0 Å². The number of likely N-dealkylation sites (tertiary alicyclic amines) is 1. The van der Waals surface area contributed by atoms with Crippen LogP contribution in [-0.2, 0) is 9.53 Å². The zero-order chi connectivity index (χ0) is 15.2. The quantitative estimate of drug-likeness (QED) is 0.634. The first-order chi connectivity index (χ1) is 10.1. The van der Waals surface area contributed by atoms with Crippen LogP contribution in [0.3, 0.4) is 0 Å². The van der Waals surface area contributed by atoms with E-state index in [0.717, 1.165) is 18.4 Å². The number of amides is 1. The van der Waals surface area contributed by atoms with Crippen LogP contribution in [-0.4, -0.2) is 36.5 Å². The number of hydrogen-bond donors (Lipinski definition) is 0. The molecule has 1 saturated heterocycles. The van der Waals surface area contributed by atoms with Gasteiger partial charge in [0.15, 0.2) is 0 Å². The molecule has 1 aromatic rings. The summed E-state index contributed by atoms with van der Waals surface area (Å²) < 4.78 is 5.02. The molecule has 0 N–H and O–H groups in total. The van der Waals surface area contributed by atoms with Crippen molar-refractivity contribution >= 4 is 11.9 Å². The minimum absolute atomic E-state index is 0.0587. The first kappa shape index (κ1) is 15.3. The first-order valence-electron chi connectivity index (χ1n) is 7.33. The summed E-state index contributed by atoms with van der Waals surface area (Å²) in [6.45, 7) is 5.31. The maximum atomic E-state index is 12.3. The highest BCUT2D eigenvalue weighted by Gasteiger charge is 2.22. The molecule has 1 aliphatic heterocycles. The number of nitrogens with zero attached hydrogens (tertiary/aromatic N) is 1. The summed E-state index contributed by atoms with van der Waals surface area (Å²) in [4.78, 5) is 25.9. The number of benzene rings is 1. The second-order valence-electron chi connectivity index (χ2n) is 5.11. The van der Waals surface area contributed by atoms with E-state index in [2.05, 4.69) is 0 Å². The Morgan fingerprint density at radius 3 is 2.33 bits per heavy atom. The molecule has 1 fully saturated rings. The third-order valence-corrected chi connectivity index (χ3v) is 3.79. The minimum Gasteiger partial charge on any atom is -0.463 e. The molecule has 1 amide bonds. The number of carbonyl (C=O) groups excluding carboxylic acids is 2. The lowest BCUT2D eigenvalue weighted by Gasteiger charge is -2.29. The van der Waals surface area contributed by atoms with Crippen LogP contribution in [0.1, 0.15) is 37.0 Å². The van der Waals surface area contributed by atoms with Crippen LogP contribution in [0.2, 0.25) is 0 Å². The maximum Gasteiger partial charge on any atom is 0.333 e. The number of piperidine rings is 1. The minimum atomic E-state index is -0.240. The number of carbonyl (C=O) groups is 2. The molecule has 2 rings (SSSR count). The first-order valence-corrected chi connectivity index (χ1v) is 7.33. The Kier molecular flexibility index (Phi) is 5.14. The number of hydrogen-bond acceptors (Lipinski definition) is 3. The standard InChI is InChI=1S/C17H21NO3/c1-3-21-17(20)13(2)14-9-11-18(12-10-14)16(19)15-7-5-4-6-8-15/h4-8H,3,9-12H2,1-2H3. The van der Waals surface area contributed by atoms with E-state index in [1.165, 1.54) is 0 Å². The monoisotopic (exact) mass is 287 g/mol. The van der Waals surface area contributed by atoms with Gasteiger partial charge in [-0.3, -0.25) is 4.79 Å². The third kappa shape index (κ3) is 3.72. The van der Waals surface area contributed by atoms with Gasteiger partial charge in [0.05, 0.1) is 6.61 Å². The Morgan fingerprint density at radius 1 is 1.14 bits per heavy atom. The Labute approximate surface area is 125 Å². The molecule has 0 unspecified atom stereocenters. The van der Waals surface area contributed by atoms with Crippen LogP contribution in [0.5, 0.6) is 0 Å². The molecule has 0 radical (unpaired) electrons. The maximum absolute atomic E-state index is 12.3. The van der Waals surface area contributed by atoms with Crippen molar-refractivity contribution in [2.24, 2.45) is 0 Å². The van der Waals surface area contributed by atoms with Gasteiger partial charge in [-0.25, -0.2) is 4.79 Å². The summed E-state index contributed by atoms with van der Waals surface area (Å²) in [6.07, 6.45) is 1.48. The van der Waals surface area contributed by atoms with Crippen LogP contribution < -0.4 is 0 Å². The molecule has 21 heavy (non-hydrogen) atoms. The van der Waals surface area contributed by atoms with Crippen molar-refractivity contribution in [2.45, 2.75) is 26.7 Å². The Balaban J connectivity index is 1.99. The number of rotatable bonds is 3. The fourth-order valence-corrected chi connectivity index (χ4v) is 2.50. The Bertz CT molecular complexity index is 538. The summed E-state index contributed by atoms with van der Waals surface area (Å²) in [5.41, 5.74) is 2.52. The van der Waals surface area contributed by atoms with E-state index < -0.39 is 0 Å². The molecule has 1 aliphatic rings. The second kappa shape index (κ2) is 7.07. The van der Waals surface area contributed by atoms with E-state index in [9.17, 15) is 9.59 Å². The molecule has 1 aromatic carbocycles. The van der Waals surface area contributed by atoms with E-state index in [1.807, 2.05) is 42.2 Å². The largest absolute Gasteiger partial charge is 0.463 e. The second-order valence-corrected chi connectivity index (χ2v) is 5.11. The number of ether oxygens (including phenoxy) is 1. The molecule has 4 heteroatoms. The average molecular weight is 287 g/mol. The van der Waals surface area contributed by atoms with Crippen molar-refractivity contribution in [2.75, 3.05) is 19.7 Å². The molecule has 1 heterocycles. The summed E-state index contributed by atoms with van der Waals surface area (Å²) in [5.74, 6) is -0.182. The van der Waals surface area contributed by atoms with Gasteiger partial charge in [-0.15, -0.1) is 0 Å². The van der Waals surface area contributed by atoms with Crippen molar-refractivity contribution < 1.29 is 14.3 Å². The van der Waals surface area contributed by atoms with Crippen molar-refractivity contribution in [1.29, 1.82) is 0 Å². The molecular formula is C17H21NO3. The van der Waals surface area contributed by atoms with Gasteiger partial charge in [0, 0.05) is 24.2 Å². The third-order valence-electron chi connectivity index (χ3n) is 3.79. The van der Waals surface area contributed by atoms with Gasteiger partial charge in [-0.2, -0.15) is 0 Å². The number of esters is 1. The fraction of sp³-hybridized carbons (Fsp3) is 0.412. The van der Waals surface area contributed by atoms with Gasteiger partial charge in [0.25, 0.3) is 5.91 Å². The van der Waals surface area contributed by atoms with Crippen LogP contribution in [0.25, 0.3) is 0 Å². The van der Waals surface area contributed by atoms with Crippen molar-refractivity contribution in [1.82, 2.24) is 4.90 Å². The zero-order valence-corrected chi connectivity index (χ0v) is 12.6. The molecule has 112 valence electrons. The fourth-order valence-electron chi connectivity index (χ4n) is 2.50.